The topological polar surface area (TPSA) is 68.3 Å². The van der Waals surface area contributed by atoms with Crippen molar-refractivity contribution < 1.29 is 23.8 Å². The van der Waals surface area contributed by atoms with Gasteiger partial charge >= 0.3 is 5.97 Å². The van der Waals surface area contributed by atoms with Crippen LogP contribution in [0.3, 0.4) is 0 Å². The molecule has 0 amide bonds. The van der Waals surface area contributed by atoms with Crippen LogP contribution in [-0.4, -0.2) is 93.9 Å². The number of carbonyl (C=O) groups is 2. The summed E-state index contributed by atoms with van der Waals surface area (Å²) in [5.74, 6) is -0.223. The molecule has 0 bridgehead atoms. The zero-order valence-corrected chi connectivity index (χ0v) is 15.0. The second-order valence-corrected chi connectivity index (χ2v) is 7.10. The molecule has 0 aromatic heterocycles. The number of allylic oxidation sites excluding steroid dienone is 1. The molecule has 2 fully saturated rings. The highest BCUT2D eigenvalue weighted by atomic mass is 16.5. The van der Waals surface area contributed by atoms with E-state index in [9.17, 15) is 9.59 Å². The molecule has 2 saturated heterocycles. The van der Waals surface area contributed by atoms with Gasteiger partial charge in [0.25, 0.3) is 0 Å². The van der Waals surface area contributed by atoms with Crippen molar-refractivity contribution in [1.82, 2.24) is 9.80 Å². The molecule has 3 rings (SSSR count). The summed E-state index contributed by atoms with van der Waals surface area (Å²) in [6.07, 6.45) is 2.67. The smallest absolute Gasteiger partial charge is 0.302 e. The lowest BCUT2D eigenvalue weighted by atomic mass is 9.81. The number of morpholine rings is 2. The van der Waals surface area contributed by atoms with E-state index in [1.807, 2.05) is 6.08 Å². The quantitative estimate of drug-likeness (QED) is 0.628. The Hall–Kier alpha value is -1.28. The van der Waals surface area contributed by atoms with Gasteiger partial charge in [0.2, 0.25) is 0 Å². The predicted octanol–water partition coefficient (Wildman–Crippen LogP) is 0.0995. The molecule has 2 heterocycles. The summed E-state index contributed by atoms with van der Waals surface area (Å²) < 4.78 is 15.9. The SMILES string of the molecule is CC(=O)OCC1=CCC(CN2CCOCC2)(CN2CCOCC2)C1=O. The molecule has 7 heteroatoms. The lowest BCUT2D eigenvalue weighted by molar-refractivity contribution is -0.140. The summed E-state index contributed by atoms with van der Waals surface area (Å²) in [5.41, 5.74) is 0.182. The van der Waals surface area contributed by atoms with Crippen LogP contribution in [0.15, 0.2) is 11.6 Å². The lowest BCUT2D eigenvalue weighted by Gasteiger charge is -2.40. The minimum Gasteiger partial charge on any atom is -0.461 e. The first-order chi connectivity index (χ1) is 12.1. The molecule has 0 aromatic carbocycles. The molecule has 3 aliphatic rings. The number of nitrogens with zero attached hydrogens (tertiary/aromatic N) is 2. The highest BCUT2D eigenvalue weighted by Crippen LogP contribution is 2.36. The zero-order chi connectivity index (χ0) is 17.7. The first-order valence-electron chi connectivity index (χ1n) is 9.06. The van der Waals surface area contributed by atoms with Crippen LogP contribution < -0.4 is 0 Å². The van der Waals surface area contributed by atoms with Gasteiger partial charge in [-0.05, 0) is 6.42 Å². The van der Waals surface area contributed by atoms with Crippen molar-refractivity contribution in [3.63, 3.8) is 0 Å². The molecule has 0 unspecified atom stereocenters. The number of ketones is 1. The molecule has 140 valence electrons. The fourth-order valence-corrected chi connectivity index (χ4v) is 3.85. The van der Waals surface area contributed by atoms with E-state index in [0.29, 0.717) is 12.0 Å². The van der Waals surface area contributed by atoms with E-state index in [-0.39, 0.29) is 18.4 Å². The van der Waals surface area contributed by atoms with Gasteiger partial charge in [0.05, 0.1) is 31.8 Å². The van der Waals surface area contributed by atoms with Crippen LogP contribution in [0.1, 0.15) is 13.3 Å². The maximum atomic E-state index is 13.2. The van der Waals surface area contributed by atoms with Crippen molar-refractivity contribution in [3.05, 3.63) is 11.6 Å². The Morgan fingerprint density at radius 2 is 1.60 bits per heavy atom. The summed E-state index contributed by atoms with van der Waals surface area (Å²) in [7, 11) is 0. The van der Waals surface area contributed by atoms with Crippen molar-refractivity contribution in [3.8, 4) is 0 Å². The first-order valence-corrected chi connectivity index (χ1v) is 9.06. The van der Waals surface area contributed by atoms with E-state index in [2.05, 4.69) is 9.80 Å². The maximum absolute atomic E-state index is 13.2. The van der Waals surface area contributed by atoms with E-state index < -0.39 is 5.41 Å². The lowest BCUT2D eigenvalue weighted by Crippen LogP contribution is -2.53. The average molecular weight is 352 g/mol. The number of rotatable bonds is 6. The molecule has 2 aliphatic heterocycles. The minimum atomic E-state index is -0.454. The Kier molecular flexibility index (Phi) is 6.22. The molecular formula is C18H28N2O5. The van der Waals surface area contributed by atoms with Gasteiger partial charge < -0.3 is 14.2 Å². The first kappa shape index (κ1) is 18.5. The molecule has 0 spiro atoms. The van der Waals surface area contributed by atoms with Crippen molar-refractivity contribution in [2.24, 2.45) is 5.41 Å². The molecule has 1 aliphatic carbocycles. The molecule has 25 heavy (non-hydrogen) atoms. The van der Waals surface area contributed by atoms with Gasteiger partial charge in [-0.2, -0.15) is 0 Å². The third-order valence-electron chi connectivity index (χ3n) is 5.20. The van der Waals surface area contributed by atoms with E-state index in [4.69, 9.17) is 14.2 Å². The maximum Gasteiger partial charge on any atom is 0.302 e. The summed E-state index contributed by atoms with van der Waals surface area (Å²) in [4.78, 5) is 29.0. The minimum absolute atomic E-state index is 0.0855. The molecule has 7 nitrogen and oxygen atoms in total. The number of esters is 1. The van der Waals surface area contributed by atoms with Crippen LogP contribution in [0.5, 0.6) is 0 Å². The number of ether oxygens (including phenoxy) is 3. The van der Waals surface area contributed by atoms with E-state index >= 15 is 0 Å². The second kappa shape index (κ2) is 8.40. The molecule has 0 aromatic rings. The van der Waals surface area contributed by atoms with Gasteiger partial charge in [-0.3, -0.25) is 19.4 Å². The third-order valence-corrected chi connectivity index (χ3v) is 5.20. The highest BCUT2D eigenvalue weighted by Gasteiger charge is 2.46. The molecule has 0 saturated carbocycles. The second-order valence-electron chi connectivity index (χ2n) is 7.10. The number of hydrogen-bond donors (Lipinski definition) is 0. The zero-order valence-electron chi connectivity index (χ0n) is 15.0. The Morgan fingerprint density at radius 3 is 2.08 bits per heavy atom. The van der Waals surface area contributed by atoms with Gasteiger partial charge in [0.1, 0.15) is 6.61 Å². The van der Waals surface area contributed by atoms with Crippen LogP contribution in [0.2, 0.25) is 0 Å². The third kappa shape index (κ3) is 4.67. The van der Waals surface area contributed by atoms with Gasteiger partial charge in [-0.1, -0.05) is 6.08 Å². The fourth-order valence-electron chi connectivity index (χ4n) is 3.85. The van der Waals surface area contributed by atoms with E-state index in [1.165, 1.54) is 6.92 Å². The number of carbonyl (C=O) groups excluding carboxylic acids is 2. The molecule has 0 atom stereocenters. The normalized spacial score (nSPS) is 25.0. The van der Waals surface area contributed by atoms with Crippen LogP contribution in [-0.2, 0) is 23.8 Å². The molecule has 0 N–H and O–H groups in total. The summed E-state index contributed by atoms with van der Waals surface area (Å²) >= 11 is 0. The van der Waals surface area contributed by atoms with Crippen LogP contribution in [0, 0.1) is 5.41 Å². The average Bonchev–Trinajstić information content (AvgIpc) is 2.91. The van der Waals surface area contributed by atoms with Crippen LogP contribution in [0.25, 0.3) is 0 Å². The summed E-state index contributed by atoms with van der Waals surface area (Å²) in [5, 5.41) is 0. The Bertz CT molecular complexity index is 502. The number of hydrogen-bond acceptors (Lipinski definition) is 7. The van der Waals surface area contributed by atoms with Crippen molar-refractivity contribution in [2.75, 3.05) is 72.3 Å². The monoisotopic (exact) mass is 352 g/mol. The van der Waals surface area contributed by atoms with Crippen molar-refractivity contribution >= 4 is 11.8 Å². The Balaban J connectivity index is 1.70. The summed E-state index contributed by atoms with van der Waals surface area (Å²) in [6.45, 7) is 9.22. The van der Waals surface area contributed by atoms with Crippen molar-refractivity contribution in [1.29, 1.82) is 0 Å². The number of Topliss-reactive ketones (excluding diaryl/α,β-unsaturated/α-hetero) is 1. The van der Waals surface area contributed by atoms with E-state index in [0.717, 1.165) is 65.7 Å². The van der Waals surface area contributed by atoms with Gasteiger partial charge in [-0.15, -0.1) is 0 Å². The van der Waals surface area contributed by atoms with Crippen molar-refractivity contribution in [2.45, 2.75) is 13.3 Å². The molecule has 0 radical (unpaired) electrons. The largest absolute Gasteiger partial charge is 0.461 e. The highest BCUT2D eigenvalue weighted by molar-refractivity contribution is 6.03. The van der Waals surface area contributed by atoms with Gasteiger partial charge in [0, 0.05) is 51.8 Å². The van der Waals surface area contributed by atoms with Crippen LogP contribution >= 0.6 is 0 Å². The van der Waals surface area contributed by atoms with Gasteiger partial charge in [0.15, 0.2) is 5.78 Å². The van der Waals surface area contributed by atoms with Crippen LogP contribution in [0.4, 0.5) is 0 Å². The fraction of sp³-hybridized carbons (Fsp3) is 0.778. The van der Waals surface area contributed by atoms with Gasteiger partial charge in [-0.25, -0.2) is 0 Å². The van der Waals surface area contributed by atoms with E-state index in [1.54, 1.807) is 0 Å². The Labute approximate surface area is 148 Å². The Morgan fingerprint density at radius 1 is 1.08 bits per heavy atom. The summed E-state index contributed by atoms with van der Waals surface area (Å²) in [6, 6.07) is 0. The molecular weight excluding hydrogens is 324 g/mol. The standard InChI is InChI=1S/C18H28N2O5/c1-15(21)25-12-16-2-3-18(17(16)22,13-19-4-8-23-9-5-19)14-20-6-10-24-11-7-20/h2H,3-14H2,1H3. The predicted molar refractivity (Wildman–Crippen MR) is 91.3 cm³/mol.